The molecule has 2 atom stereocenters. The Morgan fingerprint density at radius 1 is 1.61 bits per heavy atom. The number of benzene rings is 1. The lowest BCUT2D eigenvalue weighted by atomic mass is 10.1. The Hall–Kier alpha value is -1.46. The minimum atomic E-state index is -0.291. The largest absolute Gasteiger partial charge is 0.380 e. The monoisotopic (exact) mass is 252 g/mol. The average molecular weight is 252 g/mol. The van der Waals surface area contributed by atoms with Crippen LogP contribution < -0.4 is 10.6 Å². The normalized spacial score (nSPS) is 23.0. The third-order valence-electron chi connectivity index (χ3n) is 3.10. The standard InChI is InChI=1S/C13H17FN2O2/c1-18-11-6-12(15-8-11)13(17)16-7-9-3-2-4-10(14)5-9/h2-5,11-12,15H,6-8H2,1H3,(H,16,17). The van der Waals surface area contributed by atoms with Crippen LogP contribution in [0.15, 0.2) is 24.3 Å². The van der Waals surface area contributed by atoms with Gasteiger partial charge in [-0.1, -0.05) is 12.1 Å². The lowest BCUT2D eigenvalue weighted by Crippen LogP contribution is -2.40. The van der Waals surface area contributed by atoms with E-state index in [0.29, 0.717) is 19.5 Å². The molecule has 0 aromatic heterocycles. The van der Waals surface area contributed by atoms with Crippen LogP contribution in [0.5, 0.6) is 0 Å². The quantitative estimate of drug-likeness (QED) is 0.834. The van der Waals surface area contributed by atoms with Gasteiger partial charge in [-0.2, -0.15) is 0 Å². The Morgan fingerprint density at radius 2 is 2.44 bits per heavy atom. The fraction of sp³-hybridized carbons (Fsp3) is 0.462. The summed E-state index contributed by atoms with van der Waals surface area (Å²) in [6.07, 6.45) is 0.765. The van der Waals surface area contributed by atoms with Crippen molar-refractivity contribution in [2.45, 2.75) is 25.1 Å². The van der Waals surface area contributed by atoms with Crippen LogP contribution in [0.4, 0.5) is 4.39 Å². The third kappa shape index (κ3) is 3.27. The summed E-state index contributed by atoms with van der Waals surface area (Å²) in [5.74, 6) is -0.362. The summed E-state index contributed by atoms with van der Waals surface area (Å²) in [4.78, 5) is 11.8. The van der Waals surface area contributed by atoms with Gasteiger partial charge in [-0.3, -0.25) is 4.79 Å². The van der Waals surface area contributed by atoms with Gasteiger partial charge in [-0.25, -0.2) is 4.39 Å². The van der Waals surface area contributed by atoms with Crippen LogP contribution in [-0.2, 0) is 16.1 Å². The first kappa shape index (κ1) is 13.0. The molecule has 2 N–H and O–H groups in total. The van der Waals surface area contributed by atoms with E-state index >= 15 is 0 Å². The van der Waals surface area contributed by atoms with Gasteiger partial charge in [0.15, 0.2) is 0 Å². The molecule has 1 fully saturated rings. The average Bonchev–Trinajstić information content (AvgIpc) is 2.85. The van der Waals surface area contributed by atoms with E-state index in [1.807, 2.05) is 0 Å². The van der Waals surface area contributed by atoms with Crippen molar-refractivity contribution >= 4 is 5.91 Å². The summed E-state index contributed by atoms with van der Waals surface area (Å²) in [6.45, 7) is 1.03. The van der Waals surface area contributed by atoms with Crippen molar-refractivity contribution < 1.29 is 13.9 Å². The smallest absolute Gasteiger partial charge is 0.237 e. The fourth-order valence-electron chi connectivity index (χ4n) is 2.04. The second kappa shape index (κ2) is 5.93. The van der Waals surface area contributed by atoms with Crippen molar-refractivity contribution in [3.05, 3.63) is 35.6 Å². The van der Waals surface area contributed by atoms with Crippen LogP contribution in [-0.4, -0.2) is 31.7 Å². The zero-order valence-electron chi connectivity index (χ0n) is 10.3. The van der Waals surface area contributed by atoms with Gasteiger partial charge in [0, 0.05) is 20.2 Å². The second-order valence-corrected chi connectivity index (χ2v) is 4.40. The number of ether oxygens (including phenoxy) is 1. The maximum Gasteiger partial charge on any atom is 0.237 e. The van der Waals surface area contributed by atoms with E-state index < -0.39 is 0 Å². The van der Waals surface area contributed by atoms with Crippen LogP contribution in [0.25, 0.3) is 0 Å². The Kier molecular flexibility index (Phi) is 4.28. The number of halogens is 1. The van der Waals surface area contributed by atoms with Crippen molar-refractivity contribution in [3.63, 3.8) is 0 Å². The summed E-state index contributed by atoms with van der Waals surface area (Å²) >= 11 is 0. The van der Waals surface area contributed by atoms with E-state index in [1.54, 1.807) is 19.2 Å². The molecule has 4 nitrogen and oxygen atoms in total. The molecule has 0 aliphatic carbocycles. The summed E-state index contributed by atoms with van der Waals surface area (Å²) < 4.78 is 18.1. The minimum absolute atomic E-state index is 0.0705. The molecule has 1 aromatic rings. The molecule has 2 unspecified atom stereocenters. The number of hydrogen-bond acceptors (Lipinski definition) is 3. The SMILES string of the molecule is COC1CNC(C(=O)NCc2cccc(F)c2)C1. The van der Waals surface area contributed by atoms with Gasteiger partial charge in [0.25, 0.3) is 0 Å². The van der Waals surface area contributed by atoms with Crippen LogP contribution >= 0.6 is 0 Å². The van der Waals surface area contributed by atoms with E-state index in [9.17, 15) is 9.18 Å². The molecular formula is C13H17FN2O2. The van der Waals surface area contributed by atoms with Gasteiger partial charge >= 0.3 is 0 Å². The summed E-state index contributed by atoms with van der Waals surface area (Å²) in [5.41, 5.74) is 0.754. The van der Waals surface area contributed by atoms with Gasteiger partial charge < -0.3 is 15.4 Å². The highest BCUT2D eigenvalue weighted by molar-refractivity contribution is 5.82. The second-order valence-electron chi connectivity index (χ2n) is 4.40. The molecule has 0 radical (unpaired) electrons. The number of carbonyl (C=O) groups is 1. The van der Waals surface area contributed by atoms with Gasteiger partial charge in [-0.05, 0) is 24.1 Å². The highest BCUT2D eigenvalue weighted by atomic mass is 19.1. The lowest BCUT2D eigenvalue weighted by molar-refractivity contribution is -0.123. The van der Waals surface area contributed by atoms with Crippen molar-refractivity contribution in [1.82, 2.24) is 10.6 Å². The van der Waals surface area contributed by atoms with Gasteiger partial charge in [0.1, 0.15) is 5.82 Å². The highest BCUT2D eigenvalue weighted by Gasteiger charge is 2.28. The number of carbonyl (C=O) groups excluding carboxylic acids is 1. The number of rotatable bonds is 4. The molecule has 1 aliphatic heterocycles. The van der Waals surface area contributed by atoms with Crippen molar-refractivity contribution in [1.29, 1.82) is 0 Å². The summed E-state index contributed by atoms with van der Waals surface area (Å²) in [7, 11) is 1.64. The molecule has 18 heavy (non-hydrogen) atoms. The lowest BCUT2D eigenvalue weighted by Gasteiger charge is -2.11. The van der Waals surface area contributed by atoms with Crippen molar-refractivity contribution in [2.75, 3.05) is 13.7 Å². The summed E-state index contributed by atoms with van der Waals surface area (Å²) in [5, 5.41) is 5.88. The number of amides is 1. The molecule has 0 bridgehead atoms. The van der Waals surface area contributed by atoms with E-state index in [1.165, 1.54) is 12.1 Å². The molecule has 0 spiro atoms. The van der Waals surface area contributed by atoms with Crippen LogP contribution in [0.2, 0.25) is 0 Å². The fourth-order valence-corrected chi connectivity index (χ4v) is 2.04. The van der Waals surface area contributed by atoms with Crippen LogP contribution in [0.1, 0.15) is 12.0 Å². The predicted molar refractivity (Wildman–Crippen MR) is 65.5 cm³/mol. The zero-order chi connectivity index (χ0) is 13.0. The molecule has 1 saturated heterocycles. The van der Waals surface area contributed by atoms with E-state index in [2.05, 4.69) is 10.6 Å². The molecule has 0 saturated carbocycles. The van der Waals surface area contributed by atoms with Gasteiger partial charge in [0.2, 0.25) is 5.91 Å². The first-order chi connectivity index (χ1) is 8.69. The molecule has 5 heteroatoms. The first-order valence-corrected chi connectivity index (χ1v) is 5.97. The predicted octanol–water partition coefficient (Wildman–Crippen LogP) is 0.819. The molecule has 1 amide bonds. The molecule has 1 heterocycles. The maximum atomic E-state index is 12.9. The van der Waals surface area contributed by atoms with Gasteiger partial charge in [-0.15, -0.1) is 0 Å². The molecule has 1 aromatic carbocycles. The number of nitrogens with one attached hydrogen (secondary N) is 2. The van der Waals surface area contributed by atoms with Crippen molar-refractivity contribution in [2.24, 2.45) is 0 Å². The Labute approximate surface area is 106 Å². The topological polar surface area (TPSA) is 50.4 Å². The van der Waals surface area contributed by atoms with Crippen LogP contribution in [0, 0.1) is 5.82 Å². The number of hydrogen-bond donors (Lipinski definition) is 2. The first-order valence-electron chi connectivity index (χ1n) is 5.97. The number of methoxy groups -OCH3 is 1. The van der Waals surface area contributed by atoms with Gasteiger partial charge in [0.05, 0.1) is 12.1 Å². The summed E-state index contributed by atoms with van der Waals surface area (Å²) in [6, 6.07) is 5.99. The Balaban J connectivity index is 1.82. The van der Waals surface area contributed by atoms with Crippen molar-refractivity contribution in [3.8, 4) is 0 Å². The molecule has 98 valence electrons. The Morgan fingerprint density at radius 3 is 3.11 bits per heavy atom. The molecular weight excluding hydrogens is 235 g/mol. The maximum absolute atomic E-state index is 12.9. The van der Waals surface area contributed by atoms with E-state index in [4.69, 9.17) is 4.74 Å². The molecule has 1 aliphatic rings. The van der Waals surface area contributed by atoms with Crippen LogP contribution in [0.3, 0.4) is 0 Å². The highest BCUT2D eigenvalue weighted by Crippen LogP contribution is 2.10. The zero-order valence-corrected chi connectivity index (χ0v) is 10.3. The minimum Gasteiger partial charge on any atom is -0.380 e. The third-order valence-corrected chi connectivity index (χ3v) is 3.10. The van der Waals surface area contributed by atoms with E-state index in [0.717, 1.165) is 5.56 Å². The molecule has 2 rings (SSSR count). The van der Waals surface area contributed by atoms with E-state index in [-0.39, 0.29) is 23.9 Å². The Bertz CT molecular complexity index is 425.